The average molecular weight is 445 g/mol. The van der Waals surface area contributed by atoms with E-state index in [9.17, 15) is 9.59 Å². The van der Waals surface area contributed by atoms with E-state index >= 15 is 0 Å². The lowest BCUT2D eigenvalue weighted by atomic mass is 10.4. The summed E-state index contributed by atoms with van der Waals surface area (Å²) in [5.74, 6) is 2.00. The van der Waals surface area contributed by atoms with Crippen molar-refractivity contribution in [1.29, 1.82) is 0 Å². The molecule has 2 rings (SSSR count). The third-order valence-corrected chi connectivity index (χ3v) is 10.7. The van der Waals surface area contributed by atoms with E-state index in [4.69, 9.17) is 0 Å². The zero-order valence-electron chi connectivity index (χ0n) is 13.6. The molecule has 138 valence electrons. The maximum atomic E-state index is 11.8. The predicted octanol–water partition coefficient (Wildman–Crippen LogP) is 6.26. The van der Waals surface area contributed by atoms with Gasteiger partial charge in [0.25, 0.3) is 8.89 Å². The van der Waals surface area contributed by atoms with Crippen molar-refractivity contribution < 1.29 is 9.59 Å². The number of rotatable bonds is 9. The Bertz CT molecular complexity index is 353. The van der Waals surface area contributed by atoms with Gasteiger partial charge in [-0.2, -0.15) is 0 Å². The lowest BCUT2D eigenvalue weighted by Crippen LogP contribution is -2.10. The van der Waals surface area contributed by atoms with Crippen LogP contribution in [0.5, 0.6) is 0 Å². The highest BCUT2D eigenvalue weighted by atomic mass is 33.1. The van der Waals surface area contributed by atoms with Gasteiger partial charge in [0.1, 0.15) is 0 Å². The van der Waals surface area contributed by atoms with Crippen molar-refractivity contribution in [3.8, 4) is 0 Å². The summed E-state index contributed by atoms with van der Waals surface area (Å²) in [6.45, 7) is 4.19. The molecule has 2 aliphatic heterocycles. The Morgan fingerprint density at radius 3 is 1.42 bits per heavy atom. The molecule has 0 atom stereocenters. The van der Waals surface area contributed by atoms with Crippen LogP contribution in [0, 0.1) is 0 Å². The highest BCUT2D eigenvalue weighted by Gasteiger charge is 2.17. The fourth-order valence-electron chi connectivity index (χ4n) is 2.30. The van der Waals surface area contributed by atoms with Crippen molar-refractivity contribution in [2.45, 2.75) is 38.5 Å². The summed E-state index contributed by atoms with van der Waals surface area (Å²) in [4.78, 5) is 23.5. The first-order valence-corrected chi connectivity index (χ1v) is 14.5. The largest absolute Gasteiger partial charge is 0.272 e. The van der Waals surface area contributed by atoms with Crippen LogP contribution in [0.25, 0.3) is 0 Å². The van der Waals surface area contributed by atoms with Gasteiger partial charge in [0.05, 0.1) is 0 Å². The number of carbonyl (C=O) groups is 2. The number of nitrogens with zero attached hydrogens (tertiary/aromatic N) is 2. The maximum absolute atomic E-state index is 11.8. The molecule has 0 aromatic rings. The predicted molar refractivity (Wildman–Crippen MR) is 117 cm³/mol. The lowest BCUT2D eigenvalue weighted by Gasteiger charge is -2.10. The Morgan fingerprint density at radius 1 is 0.667 bits per heavy atom. The van der Waals surface area contributed by atoms with Gasteiger partial charge in [-0.05, 0) is 60.1 Å². The van der Waals surface area contributed by atoms with Crippen molar-refractivity contribution in [3.63, 3.8) is 0 Å². The number of hydrogen-bond acceptors (Lipinski definition) is 10. The number of carbonyl (C=O) groups excluding carboxylic acids is 2. The molecule has 2 heterocycles. The normalized spacial score (nSPS) is 19.2. The summed E-state index contributed by atoms with van der Waals surface area (Å²) in [6, 6.07) is 0. The molecule has 2 aliphatic rings. The second-order valence-corrected chi connectivity index (χ2v) is 12.9. The Hall–Kier alpha value is 1.36. The molecule has 0 spiro atoms. The molecule has 10 heteroatoms. The summed E-state index contributed by atoms with van der Waals surface area (Å²) in [5.41, 5.74) is 0. The molecular weight excluding hydrogens is 421 g/mol. The Kier molecular flexibility index (Phi) is 12.2. The van der Waals surface area contributed by atoms with Gasteiger partial charge < -0.3 is 0 Å². The zero-order valence-corrected chi connectivity index (χ0v) is 18.5. The topological polar surface area (TPSA) is 40.6 Å². The van der Waals surface area contributed by atoms with Crippen LogP contribution in [0.2, 0.25) is 0 Å². The summed E-state index contributed by atoms with van der Waals surface area (Å²) >= 11 is 2.76. The van der Waals surface area contributed by atoms with Gasteiger partial charge in [-0.3, -0.25) is 9.59 Å². The smallest absolute Gasteiger partial charge is 0.271 e. The van der Waals surface area contributed by atoms with Crippen LogP contribution in [-0.2, 0) is 0 Å². The van der Waals surface area contributed by atoms with Crippen molar-refractivity contribution in [2.75, 3.05) is 37.7 Å². The second-order valence-electron chi connectivity index (χ2n) is 5.47. The van der Waals surface area contributed by atoms with Crippen LogP contribution < -0.4 is 0 Å². The van der Waals surface area contributed by atoms with E-state index in [2.05, 4.69) is 8.61 Å². The highest BCUT2D eigenvalue weighted by Crippen LogP contribution is 2.34. The van der Waals surface area contributed by atoms with E-state index in [0.717, 1.165) is 50.5 Å². The minimum absolute atomic E-state index is 0.205. The molecule has 0 N–H and O–H groups in total. The van der Waals surface area contributed by atoms with Crippen LogP contribution in [0.4, 0.5) is 9.59 Å². The van der Waals surface area contributed by atoms with Gasteiger partial charge in [-0.1, -0.05) is 21.6 Å². The molecule has 0 aromatic heterocycles. The molecule has 0 bridgehead atoms. The first-order valence-electron chi connectivity index (χ1n) is 8.27. The van der Waals surface area contributed by atoms with Crippen LogP contribution in [0.15, 0.2) is 0 Å². The molecule has 24 heavy (non-hydrogen) atoms. The fraction of sp³-hybridized carbons (Fsp3) is 0.857. The third kappa shape index (κ3) is 9.89. The molecular formula is C14H24N2O2S6. The van der Waals surface area contributed by atoms with E-state index < -0.39 is 0 Å². The van der Waals surface area contributed by atoms with E-state index in [1.165, 1.54) is 71.2 Å². The standard InChI is InChI=1S/C14H24N2O2S6/c17-13(21-15-7-1-2-8-15)23-19-11-5-6-12-20-24-14(18)22-16-9-3-4-10-16/h1-12H2. The van der Waals surface area contributed by atoms with Crippen LogP contribution in [-0.4, -0.2) is 55.2 Å². The van der Waals surface area contributed by atoms with Gasteiger partial charge in [0.15, 0.2) is 0 Å². The Balaban J connectivity index is 1.34. The molecule has 2 saturated heterocycles. The third-order valence-electron chi connectivity index (χ3n) is 3.50. The summed E-state index contributed by atoms with van der Waals surface area (Å²) in [7, 11) is 6.06. The first-order chi connectivity index (χ1) is 11.7. The van der Waals surface area contributed by atoms with Crippen molar-refractivity contribution in [2.24, 2.45) is 0 Å². The lowest BCUT2D eigenvalue weighted by molar-refractivity contribution is 0.275. The van der Waals surface area contributed by atoms with Crippen molar-refractivity contribution >= 4 is 76.0 Å². The van der Waals surface area contributed by atoms with E-state index in [1.54, 1.807) is 21.6 Å². The molecule has 0 aromatic carbocycles. The van der Waals surface area contributed by atoms with Gasteiger partial charge >= 0.3 is 0 Å². The molecule has 0 amide bonds. The molecule has 0 aliphatic carbocycles. The van der Waals surface area contributed by atoms with Gasteiger partial charge in [0, 0.05) is 61.6 Å². The van der Waals surface area contributed by atoms with E-state index in [0.29, 0.717) is 0 Å². The Morgan fingerprint density at radius 2 is 1.04 bits per heavy atom. The first kappa shape index (κ1) is 21.7. The molecule has 0 radical (unpaired) electrons. The van der Waals surface area contributed by atoms with Gasteiger partial charge in [-0.15, -0.1) is 0 Å². The zero-order chi connectivity index (χ0) is 17.0. The van der Waals surface area contributed by atoms with Crippen LogP contribution >= 0.6 is 67.1 Å². The quantitative estimate of drug-likeness (QED) is 0.231. The van der Waals surface area contributed by atoms with Crippen molar-refractivity contribution in [3.05, 3.63) is 0 Å². The summed E-state index contributed by atoms with van der Waals surface area (Å²) < 4.78 is 4.75. The van der Waals surface area contributed by atoms with Crippen LogP contribution in [0.3, 0.4) is 0 Å². The summed E-state index contributed by atoms with van der Waals surface area (Å²) in [5, 5.41) is 0. The molecule has 0 saturated carbocycles. The second kappa shape index (κ2) is 13.5. The minimum Gasteiger partial charge on any atom is -0.272 e. The van der Waals surface area contributed by atoms with E-state index in [-0.39, 0.29) is 8.89 Å². The molecule has 4 nitrogen and oxygen atoms in total. The maximum Gasteiger partial charge on any atom is 0.271 e. The minimum atomic E-state index is 0.205. The molecule has 0 unspecified atom stereocenters. The highest BCUT2D eigenvalue weighted by molar-refractivity contribution is 8.86. The monoisotopic (exact) mass is 444 g/mol. The number of hydrogen-bond donors (Lipinski definition) is 0. The Labute approximate surface area is 169 Å². The van der Waals surface area contributed by atoms with E-state index in [1.807, 2.05) is 0 Å². The number of unbranched alkanes of at least 4 members (excludes halogenated alkanes) is 1. The summed E-state index contributed by atoms with van der Waals surface area (Å²) in [6.07, 6.45) is 7.06. The van der Waals surface area contributed by atoms with Crippen molar-refractivity contribution in [1.82, 2.24) is 8.61 Å². The van der Waals surface area contributed by atoms with Gasteiger partial charge in [-0.25, -0.2) is 8.61 Å². The fourth-order valence-corrected chi connectivity index (χ4v) is 8.68. The average Bonchev–Trinajstić information content (AvgIpc) is 3.23. The molecule has 2 fully saturated rings. The van der Waals surface area contributed by atoms with Gasteiger partial charge in [0.2, 0.25) is 0 Å². The SMILES string of the molecule is O=C(SSCCCCSSC(=O)SN1CCCC1)SN1CCCC1. The van der Waals surface area contributed by atoms with Crippen LogP contribution in [0.1, 0.15) is 38.5 Å².